The molecule has 1 heterocycles. The molecule has 0 atom stereocenters. The van der Waals surface area contributed by atoms with Gasteiger partial charge in [-0.3, -0.25) is 0 Å². The molecule has 3 rings (SSSR count). The van der Waals surface area contributed by atoms with Crippen LogP contribution < -0.4 is 5.73 Å². The van der Waals surface area contributed by atoms with Crippen LogP contribution in [0.2, 0.25) is 5.02 Å². The summed E-state index contributed by atoms with van der Waals surface area (Å²) in [7, 11) is 0. The number of nitrogens with zero attached hydrogens (tertiary/aromatic N) is 1. The molecule has 0 aliphatic rings. The van der Waals surface area contributed by atoms with Gasteiger partial charge < -0.3 is 10.8 Å². The number of anilines is 1. The Kier molecular flexibility index (Phi) is 2.61. The molecule has 0 spiro atoms. The van der Waals surface area contributed by atoms with Gasteiger partial charge in [0, 0.05) is 16.8 Å². The smallest absolute Gasteiger partial charge is 0.128 e. The molecule has 5 heteroatoms. The lowest BCUT2D eigenvalue weighted by Gasteiger charge is -2.01. The largest absolute Gasteiger partial charge is 0.507 e. The highest BCUT2D eigenvalue weighted by Crippen LogP contribution is 2.36. The standard InChI is InChI=1S/C13H9ClN2OS/c14-7-1-4-10-12(5-7)18-13(16-10)9-3-2-8(15)6-11(9)17/h1-6,17H,15H2. The predicted molar refractivity (Wildman–Crippen MR) is 76.1 cm³/mol. The molecular formula is C13H9ClN2OS. The lowest BCUT2D eigenvalue weighted by Crippen LogP contribution is -1.84. The van der Waals surface area contributed by atoms with E-state index in [9.17, 15) is 5.11 Å². The van der Waals surface area contributed by atoms with E-state index >= 15 is 0 Å². The summed E-state index contributed by atoms with van der Waals surface area (Å²) in [6.07, 6.45) is 0. The van der Waals surface area contributed by atoms with Crippen LogP contribution in [-0.2, 0) is 0 Å². The highest BCUT2D eigenvalue weighted by atomic mass is 35.5. The second-order valence-electron chi connectivity index (χ2n) is 3.91. The van der Waals surface area contributed by atoms with Gasteiger partial charge in [-0.1, -0.05) is 11.6 Å². The van der Waals surface area contributed by atoms with E-state index in [4.69, 9.17) is 17.3 Å². The van der Waals surface area contributed by atoms with Crippen LogP contribution in [0.1, 0.15) is 0 Å². The SMILES string of the molecule is Nc1ccc(-c2nc3ccc(Cl)cc3s2)c(O)c1. The second-order valence-corrected chi connectivity index (χ2v) is 5.37. The summed E-state index contributed by atoms with van der Waals surface area (Å²) in [5.41, 5.74) is 7.69. The van der Waals surface area contributed by atoms with Crippen LogP contribution in [0, 0.1) is 0 Å². The van der Waals surface area contributed by atoms with Gasteiger partial charge in [-0.05, 0) is 30.3 Å². The van der Waals surface area contributed by atoms with Crippen molar-refractivity contribution in [1.29, 1.82) is 0 Å². The number of rotatable bonds is 1. The van der Waals surface area contributed by atoms with Crippen molar-refractivity contribution in [1.82, 2.24) is 4.98 Å². The Bertz CT molecular complexity index is 739. The molecule has 3 N–H and O–H groups in total. The van der Waals surface area contributed by atoms with Gasteiger partial charge in [0.1, 0.15) is 10.8 Å². The number of hydrogen-bond acceptors (Lipinski definition) is 4. The first-order valence-electron chi connectivity index (χ1n) is 5.28. The van der Waals surface area contributed by atoms with E-state index in [0.29, 0.717) is 16.3 Å². The first kappa shape index (κ1) is 11.3. The number of phenolic OH excluding ortho intramolecular Hbond substituents is 1. The topological polar surface area (TPSA) is 59.1 Å². The molecule has 1 aromatic heterocycles. The minimum atomic E-state index is 0.139. The number of thiazole rings is 1. The summed E-state index contributed by atoms with van der Waals surface area (Å²) in [5.74, 6) is 0.139. The van der Waals surface area contributed by atoms with Gasteiger partial charge >= 0.3 is 0 Å². The zero-order valence-electron chi connectivity index (χ0n) is 9.22. The van der Waals surface area contributed by atoms with E-state index in [1.165, 1.54) is 17.4 Å². The third-order valence-electron chi connectivity index (χ3n) is 2.60. The molecule has 0 fully saturated rings. The summed E-state index contributed by atoms with van der Waals surface area (Å²) >= 11 is 7.43. The van der Waals surface area contributed by atoms with Crippen molar-refractivity contribution in [2.24, 2.45) is 0 Å². The quantitative estimate of drug-likeness (QED) is 0.663. The summed E-state index contributed by atoms with van der Waals surface area (Å²) in [5, 5.41) is 11.3. The number of benzene rings is 2. The zero-order chi connectivity index (χ0) is 12.7. The Morgan fingerprint density at radius 1 is 1.17 bits per heavy atom. The highest BCUT2D eigenvalue weighted by Gasteiger charge is 2.10. The number of nitrogen functional groups attached to an aromatic ring is 1. The van der Waals surface area contributed by atoms with Crippen molar-refractivity contribution in [2.45, 2.75) is 0 Å². The van der Waals surface area contributed by atoms with Crippen molar-refractivity contribution in [3.05, 3.63) is 41.4 Å². The number of aromatic hydroxyl groups is 1. The molecule has 0 amide bonds. The molecule has 0 bridgehead atoms. The van der Waals surface area contributed by atoms with Crippen LogP contribution >= 0.6 is 22.9 Å². The van der Waals surface area contributed by atoms with Gasteiger partial charge in [0.25, 0.3) is 0 Å². The van der Waals surface area contributed by atoms with Crippen molar-refractivity contribution in [3.8, 4) is 16.3 Å². The Labute approximate surface area is 112 Å². The number of phenols is 1. The van der Waals surface area contributed by atoms with Gasteiger partial charge in [-0.15, -0.1) is 11.3 Å². The molecule has 0 aliphatic carbocycles. The van der Waals surface area contributed by atoms with Crippen molar-refractivity contribution < 1.29 is 5.11 Å². The summed E-state index contributed by atoms with van der Waals surface area (Å²) in [4.78, 5) is 4.47. The van der Waals surface area contributed by atoms with Crippen LogP contribution in [0.5, 0.6) is 5.75 Å². The number of fused-ring (bicyclic) bond motifs is 1. The minimum Gasteiger partial charge on any atom is -0.507 e. The maximum absolute atomic E-state index is 9.89. The fourth-order valence-corrected chi connectivity index (χ4v) is 3.02. The highest BCUT2D eigenvalue weighted by molar-refractivity contribution is 7.21. The molecule has 0 aliphatic heterocycles. The van der Waals surface area contributed by atoms with Crippen LogP contribution in [0.4, 0.5) is 5.69 Å². The van der Waals surface area contributed by atoms with Crippen LogP contribution in [0.15, 0.2) is 36.4 Å². The number of aromatic nitrogens is 1. The van der Waals surface area contributed by atoms with Gasteiger partial charge in [-0.25, -0.2) is 4.98 Å². The van der Waals surface area contributed by atoms with Gasteiger partial charge in [-0.2, -0.15) is 0 Å². The van der Waals surface area contributed by atoms with E-state index in [1.54, 1.807) is 18.2 Å². The van der Waals surface area contributed by atoms with E-state index in [1.807, 2.05) is 12.1 Å². The van der Waals surface area contributed by atoms with Gasteiger partial charge in [0.05, 0.1) is 15.8 Å². The van der Waals surface area contributed by atoms with E-state index < -0.39 is 0 Å². The van der Waals surface area contributed by atoms with Crippen LogP contribution in [0.25, 0.3) is 20.8 Å². The molecule has 0 radical (unpaired) electrons. The predicted octanol–water partition coefficient (Wildman–Crippen LogP) is 3.90. The first-order chi connectivity index (χ1) is 8.63. The average molecular weight is 277 g/mol. The first-order valence-corrected chi connectivity index (χ1v) is 6.48. The molecule has 3 aromatic rings. The molecular weight excluding hydrogens is 268 g/mol. The lowest BCUT2D eigenvalue weighted by molar-refractivity contribution is 0.477. The maximum atomic E-state index is 9.89. The van der Waals surface area contributed by atoms with Crippen molar-refractivity contribution >= 4 is 38.8 Å². The van der Waals surface area contributed by atoms with Crippen molar-refractivity contribution in [3.63, 3.8) is 0 Å². The minimum absolute atomic E-state index is 0.139. The summed E-state index contributed by atoms with van der Waals surface area (Å²) in [6.45, 7) is 0. The number of halogens is 1. The Morgan fingerprint density at radius 3 is 2.78 bits per heavy atom. The van der Waals surface area contributed by atoms with Crippen molar-refractivity contribution in [2.75, 3.05) is 5.73 Å². The van der Waals surface area contributed by atoms with Crippen LogP contribution in [-0.4, -0.2) is 10.1 Å². The third-order valence-corrected chi connectivity index (χ3v) is 3.89. The van der Waals surface area contributed by atoms with Gasteiger partial charge in [0.2, 0.25) is 0 Å². The van der Waals surface area contributed by atoms with E-state index in [0.717, 1.165) is 15.2 Å². The molecule has 0 saturated heterocycles. The fraction of sp³-hybridized carbons (Fsp3) is 0. The molecule has 2 aromatic carbocycles. The zero-order valence-corrected chi connectivity index (χ0v) is 10.8. The summed E-state index contributed by atoms with van der Waals surface area (Å²) in [6, 6.07) is 10.6. The fourth-order valence-electron chi connectivity index (χ4n) is 1.74. The molecule has 0 saturated carbocycles. The second kappa shape index (κ2) is 4.15. The maximum Gasteiger partial charge on any atom is 0.128 e. The number of hydrogen-bond donors (Lipinski definition) is 2. The Hall–Kier alpha value is -1.78. The van der Waals surface area contributed by atoms with E-state index in [2.05, 4.69) is 4.98 Å². The van der Waals surface area contributed by atoms with Gasteiger partial charge in [0.15, 0.2) is 0 Å². The summed E-state index contributed by atoms with van der Waals surface area (Å²) < 4.78 is 0.994. The van der Waals surface area contributed by atoms with E-state index in [-0.39, 0.29) is 5.75 Å². The third kappa shape index (κ3) is 1.89. The normalized spacial score (nSPS) is 10.9. The van der Waals surface area contributed by atoms with Crippen LogP contribution in [0.3, 0.4) is 0 Å². The Balaban J connectivity index is 2.19. The lowest BCUT2D eigenvalue weighted by atomic mass is 10.2. The molecule has 0 unspecified atom stereocenters. The molecule has 3 nitrogen and oxygen atoms in total. The Morgan fingerprint density at radius 2 is 2.00 bits per heavy atom. The average Bonchev–Trinajstić information content (AvgIpc) is 2.71. The monoisotopic (exact) mass is 276 g/mol. The number of nitrogens with two attached hydrogens (primary N) is 1. The molecule has 90 valence electrons. The molecule has 18 heavy (non-hydrogen) atoms.